The second-order valence-corrected chi connectivity index (χ2v) is 6.83. The van der Waals surface area contributed by atoms with Gasteiger partial charge in [-0.05, 0) is 41.5 Å². The number of guanidine groups is 1. The fourth-order valence-corrected chi connectivity index (χ4v) is 3.03. The van der Waals surface area contributed by atoms with E-state index in [1.807, 2.05) is 29.6 Å². The summed E-state index contributed by atoms with van der Waals surface area (Å²) in [6.07, 6.45) is 2.74. The Balaban J connectivity index is 0.00000243. The summed E-state index contributed by atoms with van der Waals surface area (Å²) in [5, 5.41) is 5.09. The van der Waals surface area contributed by atoms with E-state index in [-0.39, 0.29) is 24.0 Å². The molecule has 1 aromatic carbocycles. The Bertz CT molecular complexity index is 828. The van der Waals surface area contributed by atoms with Crippen LogP contribution >= 0.6 is 35.3 Å². The van der Waals surface area contributed by atoms with Crippen molar-refractivity contribution in [3.8, 4) is 10.8 Å². The van der Waals surface area contributed by atoms with Gasteiger partial charge in [0.1, 0.15) is 12.0 Å². The first-order valence-electron chi connectivity index (χ1n) is 8.31. The quantitative estimate of drug-likeness (QED) is 0.278. The summed E-state index contributed by atoms with van der Waals surface area (Å²) in [5.41, 5.74) is 8.96. The van der Waals surface area contributed by atoms with Crippen LogP contribution in [-0.2, 0) is 6.54 Å². The van der Waals surface area contributed by atoms with Crippen LogP contribution in [0.5, 0.6) is 0 Å². The molecule has 2 heterocycles. The van der Waals surface area contributed by atoms with E-state index in [4.69, 9.17) is 10.2 Å². The van der Waals surface area contributed by atoms with Crippen LogP contribution in [0.15, 0.2) is 57.5 Å². The molecular formula is C19H23IN4OS. The molecule has 7 heteroatoms. The second-order valence-electron chi connectivity index (χ2n) is 5.88. The summed E-state index contributed by atoms with van der Waals surface area (Å²) in [7, 11) is 0. The van der Waals surface area contributed by atoms with Crippen molar-refractivity contribution >= 4 is 47.0 Å². The SMILES string of the molecule is CCC(C)c1ccc(NC(N)=NCc2coc(-c3cccs3)n2)cc1.I. The van der Waals surface area contributed by atoms with Crippen molar-refractivity contribution in [2.75, 3.05) is 5.32 Å². The van der Waals surface area contributed by atoms with Gasteiger partial charge in [0.05, 0.1) is 11.4 Å². The summed E-state index contributed by atoms with van der Waals surface area (Å²) >= 11 is 1.59. The molecule has 3 N–H and O–H groups in total. The van der Waals surface area contributed by atoms with Gasteiger partial charge in [0.2, 0.25) is 5.89 Å². The first-order valence-corrected chi connectivity index (χ1v) is 9.19. The third-order valence-electron chi connectivity index (χ3n) is 4.06. The number of thiophene rings is 1. The van der Waals surface area contributed by atoms with Gasteiger partial charge in [-0.25, -0.2) is 9.98 Å². The van der Waals surface area contributed by atoms with Crippen LogP contribution in [0.4, 0.5) is 5.69 Å². The average Bonchev–Trinajstić information content (AvgIpc) is 3.31. The van der Waals surface area contributed by atoms with Gasteiger partial charge < -0.3 is 15.5 Å². The summed E-state index contributed by atoms with van der Waals surface area (Å²) < 4.78 is 5.47. The van der Waals surface area contributed by atoms with E-state index in [1.54, 1.807) is 17.6 Å². The van der Waals surface area contributed by atoms with Crippen LogP contribution < -0.4 is 11.1 Å². The zero-order valence-electron chi connectivity index (χ0n) is 14.8. The number of halogens is 1. The van der Waals surface area contributed by atoms with Gasteiger partial charge in [-0.15, -0.1) is 35.3 Å². The van der Waals surface area contributed by atoms with E-state index in [9.17, 15) is 0 Å². The number of aromatic nitrogens is 1. The minimum absolute atomic E-state index is 0. The largest absolute Gasteiger partial charge is 0.443 e. The van der Waals surface area contributed by atoms with Crippen LogP contribution in [-0.4, -0.2) is 10.9 Å². The van der Waals surface area contributed by atoms with Gasteiger partial charge in [-0.2, -0.15) is 0 Å². The number of oxazole rings is 1. The molecule has 26 heavy (non-hydrogen) atoms. The number of aliphatic imine (C=N–C) groups is 1. The molecule has 0 aliphatic carbocycles. The number of benzene rings is 1. The number of anilines is 1. The predicted molar refractivity (Wildman–Crippen MR) is 119 cm³/mol. The summed E-state index contributed by atoms with van der Waals surface area (Å²) in [6.45, 7) is 4.79. The topological polar surface area (TPSA) is 76.4 Å². The molecule has 0 spiro atoms. The fraction of sp³-hybridized carbons (Fsp3) is 0.263. The predicted octanol–water partition coefficient (Wildman–Crippen LogP) is 5.46. The van der Waals surface area contributed by atoms with Crippen molar-refractivity contribution in [2.45, 2.75) is 32.7 Å². The molecule has 138 valence electrons. The zero-order chi connectivity index (χ0) is 17.6. The molecule has 0 saturated carbocycles. The first-order chi connectivity index (χ1) is 12.2. The number of rotatable bonds is 6. The maximum Gasteiger partial charge on any atom is 0.236 e. The second kappa shape index (κ2) is 9.72. The Kier molecular flexibility index (Phi) is 7.65. The van der Waals surface area contributed by atoms with Crippen molar-refractivity contribution in [1.29, 1.82) is 0 Å². The molecule has 1 atom stereocenters. The van der Waals surface area contributed by atoms with Gasteiger partial charge in [0, 0.05) is 5.69 Å². The molecule has 0 bridgehead atoms. The molecule has 3 rings (SSSR count). The summed E-state index contributed by atoms with van der Waals surface area (Å²) in [5.74, 6) is 1.54. The monoisotopic (exact) mass is 482 g/mol. The van der Waals surface area contributed by atoms with E-state index >= 15 is 0 Å². The Morgan fingerprint density at radius 3 is 2.73 bits per heavy atom. The first kappa shape index (κ1) is 20.4. The lowest BCUT2D eigenvalue weighted by Crippen LogP contribution is -2.22. The van der Waals surface area contributed by atoms with Crippen LogP contribution in [0, 0.1) is 0 Å². The lowest BCUT2D eigenvalue weighted by Gasteiger charge is -2.10. The van der Waals surface area contributed by atoms with E-state index in [2.05, 4.69) is 41.3 Å². The van der Waals surface area contributed by atoms with E-state index in [0.29, 0.717) is 24.3 Å². The van der Waals surface area contributed by atoms with Crippen molar-refractivity contribution in [2.24, 2.45) is 10.7 Å². The minimum Gasteiger partial charge on any atom is -0.443 e. The highest BCUT2D eigenvalue weighted by molar-refractivity contribution is 14.0. The van der Waals surface area contributed by atoms with Crippen molar-refractivity contribution < 1.29 is 4.42 Å². The zero-order valence-corrected chi connectivity index (χ0v) is 18.0. The summed E-state index contributed by atoms with van der Waals surface area (Å²) in [4.78, 5) is 9.75. The van der Waals surface area contributed by atoms with Crippen molar-refractivity contribution in [1.82, 2.24) is 4.98 Å². The maximum atomic E-state index is 5.96. The smallest absolute Gasteiger partial charge is 0.236 e. The van der Waals surface area contributed by atoms with Gasteiger partial charge in [-0.1, -0.05) is 32.0 Å². The minimum atomic E-state index is 0. The molecule has 1 unspecified atom stereocenters. The van der Waals surface area contributed by atoms with Crippen LogP contribution in [0.3, 0.4) is 0 Å². The molecule has 0 amide bonds. The third kappa shape index (κ3) is 5.31. The molecule has 0 saturated heterocycles. The van der Waals surface area contributed by atoms with E-state index in [1.165, 1.54) is 5.56 Å². The van der Waals surface area contributed by atoms with Crippen LogP contribution in [0.25, 0.3) is 10.8 Å². The maximum absolute atomic E-state index is 5.96. The molecule has 0 radical (unpaired) electrons. The molecule has 0 fully saturated rings. The Hall–Kier alpha value is -1.87. The molecule has 5 nitrogen and oxygen atoms in total. The van der Waals surface area contributed by atoms with Crippen LogP contribution in [0.2, 0.25) is 0 Å². The standard InChI is InChI=1S/C19H22N4OS.HI/c1-3-13(2)14-6-8-15(9-7-14)23-19(20)21-11-16-12-24-18(22-16)17-5-4-10-25-17;/h4-10,12-13H,3,11H2,1-2H3,(H3,20,21,23);1H. The summed E-state index contributed by atoms with van der Waals surface area (Å²) in [6, 6.07) is 12.2. The van der Waals surface area contributed by atoms with E-state index < -0.39 is 0 Å². The number of nitrogens with one attached hydrogen (secondary N) is 1. The van der Waals surface area contributed by atoms with Crippen molar-refractivity contribution in [3.05, 3.63) is 59.3 Å². The molecule has 2 aromatic heterocycles. The highest BCUT2D eigenvalue weighted by Crippen LogP contribution is 2.24. The average molecular weight is 482 g/mol. The fourth-order valence-electron chi connectivity index (χ4n) is 2.38. The molecule has 0 aliphatic rings. The molecule has 0 aliphatic heterocycles. The van der Waals surface area contributed by atoms with Gasteiger partial charge in [0.15, 0.2) is 5.96 Å². The van der Waals surface area contributed by atoms with Gasteiger partial charge >= 0.3 is 0 Å². The number of nitrogens with two attached hydrogens (primary N) is 1. The number of hydrogen-bond donors (Lipinski definition) is 2. The van der Waals surface area contributed by atoms with E-state index in [0.717, 1.165) is 22.7 Å². The molecule has 3 aromatic rings. The lowest BCUT2D eigenvalue weighted by atomic mass is 9.99. The third-order valence-corrected chi connectivity index (χ3v) is 4.92. The molecular weight excluding hydrogens is 459 g/mol. The Labute approximate surface area is 174 Å². The van der Waals surface area contributed by atoms with Crippen LogP contribution in [0.1, 0.15) is 37.4 Å². The number of hydrogen-bond acceptors (Lipinski definition) is 4. The van der Waals surface area contributed by atoms with Gasteiger partial charge in [0.25, 0.3) is 0 Å². The number of nitrogens with zero attached hydrogens (tertiary/aromatic N) is 2. The normalized spacial score (nSPS) is 12.5. The van der Waals surface area contributed by atoms with Gasteiger partial charge in [-0.3, -0.25) is 0 Å². The Morgan fingerprint density at radius 2 is 2.08 bits per heavy atom. The Morgan fingerprint density at radius 1 is 1.31 bits per heavy atom. The highest BCUT2D eigenvalue weighted by Gasteiger charge is 2.07. The van der Waals surface area contributed by atoms with Crippen molar-refractivity contribution in [3.63, 3.8) is 0 Å². The lowest BCUT2D eigenvalue weighted by molar-refractivity contribution is 0.574. The highest BCUT2D eigenvalue weighted by atomic mass is 127.